The Morgan fingerprint density at radius 2 is 1.94 bits per heavy atom. The van der Waals surface area contributed by atoms with Gasteiger partial charge in [-0.2, -0.15) is 5.10 Å². The lowest BCUT2D eigenvalue weighted by Gasteiger charge is -2.31. The summed E-state index contributed by atoms with van der Waals surface area (Å²) in [6.45, 7) is 3.84. The summed E-state index contributed by atoms with van der Waals surface area (Å²) in [5.41, 5.74) is 1.92. The van der Waals surface area contributed by atoms with E-state index >= 15 is 0 Å². The molecule has 0 aliphatic carbocycles. The normalized spacial score (nSPS) is 27.3. The molecule has 2 rings (SSSR count). The number of benzene rings is 1. The molecule has 0 radical (unpaired) electrons. The molecule has 1 atom stereocenters. The highest BCUT2D eigenvalue weighted by atomic mass is 16.4. The Morgan fingerprint density at radius 3 is 2.50 bits per heavy atom. The van der Waals surface area contributed by atoms with E-state index in [0.717, 1.165) is 11.3 Å². The van der Waals surface area contributed by atoms with Gasteiger partial charge in [-0.1, -0.05) is 35.5 Å². The molecule has 0 saturated carbocycles. The zero-order valence-electron chi connectivity index (χ0n) is 9.68. The van der Waals surface area contributed by atoms with Crippen molar-refractivity contribution in [1.29, 1.82) is 0 Å². The third-order valence-electron chi connectivity index (χ3n) is 3.19. The molecule has 84 valence electrons. The molecule has 1 aromatic rings. The predicted octanol–water partition coefficient (Wildman–Crippen LogP) is 2.05. The molecule has 0 amide bonds. The maximum Gasteiger partial charge on any atom is 0.134 e. The van der Waals surface area contributed by atoms with Gasteiger partial charge in [-0.25, -0.2) is 0 Å². The lowest BCUT2D eigenvalue weighted by atomic mass is 9.86. The molecule has 4 heteroatoms. The van der Waals surface area contributed by atoms with Crippen LogP contribution in [-0.2, 0) is 5.54 Å². The fourth-order valence-corrected chi connectivity index (χ4v) is 2.13. The van der Waals surface area contributed by atoms with Crippen LogP contribution >= 0.6 is 0 Å². The topological polar surface area (TPSA) is 48.2 Å². The Labute approximate surface area is 94.9 Å². The van der Waals surface area contributed by atoms with Gasteiger partial charge in [-0.05, 0) is 19.4 Å². The lowest BCUT2D eigenvalue weighted by Crippen LogP contribution is -2.41. The Balaban J connectivity index is 2.55. The summed E-state index contributed by atoms with van der Waals surface area (Å²) in [5.74, 6) is 0. The number of hydrazone groups is 1. The largest absolute Gasteiger partial charge is 0.411 e. The van der Waals surface area contributed by atoms with Gasteiger partial charge in [0, 0.05) is 7.05 Å². The second-order valence-corrected chi connectivity index (χ2v) is 4.10. The van der Waals surface area contributed by atoms with E-state index in [9.17, 15) is 0 Å². The van der Waals surface area contributed by atoms with E-state index < -0.39 is 5.54 Å². The molecule has 1 N–H and O–H groups in total. The summed E-state index contributed by atoms with van der Waals surface area (Å²) in [6.07, 6.45) is 0. The van der Waals surface area contributed by atoms with Crippen LogP contribution in [0.25, 0.3) is 0 Å². The Morgan fingerprint density at radius 1 is 1.31 bits per heavy atom. The van der Waals surface area contributed by atoms with Crippen LogP contribution in [0.4, 0.5) is 0 Å². The molecule has 16 heavy (non-hydrogen) atoms. The zero-order valence-corrected chi connectivity index (χ0v) is 9.68. The maximum atomic E-state index is 9.13. The van der Waals surface area contributed by atoms with E-state index in [4.69, 9.17) is 5.21 Å². The SMILES string of the molecule is CC1=NN(C)C(C)(c2ccccc2)/C1=N\O. The number of nitrogens with zero attached hydrogens (tertiary/aromatic N) is 3. The first-order valence-corrected chi connectivity index (χ1v) is 5.18. The van der Waals surface area contributed by atoms with Gasteiger partial charge in [0.1, 0.15) is 11.3 Å². The van der Waals surface area contributed by atoms with Crippen molar-refractivity contribution in [3.8, 4) is 0 Å². The fourth-order valence-electron chi connectivity index (χ4n) is 2.13. The summed E-state index contributed by atoms with van der Waals surface area (Å²) in [6, 6.07) is 9.92. The van der Waals surface area contributed by atoms with Gasteiger partial charge in [0.25, 0.3) is 0 Å². The highest BCUT2D eigenvalue weighted by Crippen LogP contribution is 2.33. The van der Waals surface area contributed by atoms with E-state index in [-0.39, 0.29) is 0 Å². The summed E-state index contributed by atoms with van der Waals surface area (Å²) in [5, 5.41) is 18.7. The van der Waals surface area contributed by atoms with Crippen molar-refractivity contribution < 1.29 is 5.21 Å². The Bertz CT molecular complexity index is 453. The quantitative estimate of drug-likeness (QED) is 0.578. The molecule has 1 aliphatic rings. The van der Waals surface area contributed by atoms with Crippen molar-refractivity contribution in [1.82, 2.24) is 5.01 Å². The van der Waals surface area contributed by atoms with E-state index in [1.165, 1.54) is 0 Å². The van der Waals surface area contributed by atoms with Gasteiger partial charge >= 0.3 is 0 Å². The highest BCUT2D eigenvalue weighted by molar-refractivity contribution is 6.45. The second-order valence-electron chi connectivity index (χ2n) is 4.10. The summed E-state index contributed by atoms with van der Waals surface area (Å²) < 4.78 is 0. The second kappa shape index (κ2) is 3.63. The zero-order chi connectivity index (χ0) is 11.8. The minimum atomic E-state index is -0.486. The molecule has 1 aromatic carbocycles. The van der Waals surface area contributed by atoms with Crippen LogP contribution in [0.15, 0.2) is 40.6 Å². The van der Waals surface area contributed by atoms with Gasteiger partial charge in [-0.3, -0.25) is 5.01 Å². The minimum Gasteiger partial charge on any atom is -0.411 e. The van der Waals surface area contributed by atoms with Gasteiger partial charge in [-0.15, -0.1) is 0 Å². The molecule has 4 nitrogen and oxygen atoms in total. The van der Waals surface area contributed by atoms with Crippen molar-refractivity contribution >= 4 is 11.4 Å². The van der Waals surface area contributed by atoms with E-state index in [1.807, 2.05) is 56.2 Å². The molecule has 0 aromatic heterocycles. The molecular formula is C12H15N3O. The van der Waals surface area contributed by atoms with E-state index in [2.05, 4.69) is 10.3 Å². The van der Waals surface area contributed by atoms with Crippen LogP contribution in [0.2, 0.25) is 0 Å². The number of rotatable bonds is 1. The van der Waals surface area contributed by atoms with E-state index in [0.29, 0.717) is 5.71 Å². The molecule has 0 spiro atoms. The van der Waals surface area contributed by atoms with E-state index in [1.54, 1.807) is 0 Å². The average Bonchev–Trinajstić information content (AvgIpc) is 2.52. The van der Waals surface area contributed by atoms with Crippen molar-refractivity contribution in [2.45, 2.75) is 19.4 Å². The third kappa shape index (κ3) is 1.30. The standard InChI is InChI=1S/C12H15N3O/c1-9-11(14-16)12(2,15(3)13-9)10-7-5-4-6-8-10/h4-8,16H,1-3H3/b14-11-. The van der Waals surface area contributed by atoms with Gasteiger partial charge in [0.05, 0.1) is 5.71 Å². The highest BCUT2D eigenvalue weighted by Gasteiger charge is 2.43. The van der Waals surface area contributed by atoms with Gasteiger partial charge < -0.3 is 5.21 Å². The van der Waals surface area contributed by atoms with Gasteiger partial charge in [0.2, 0.25) is 0 Å². The Kier molecular flexibility index (Phi) is 2.42. The molecule has 1 aliphatic heterocycles. The van der Waals surface area contributed by atoms with Crippen LogP contribution < -0.4 is 0 Å². The maximum absolute atomic E-state index is 9.13. The first kappa shape index (κ1) is 10.7. The summed E-state index contributed by atoms with van der Waals surface area (Å²) >= 11 is 0. The molecule has 0 bridgehead atoms. The van der Waals surface area contributed by atoms with Crippen molar-refractivity contribution in [2.24, 2.45) is 10.3 Å². The van der Waals surface area contributed by atoms with Gasteiger partial charge in [0.15, 0.2) is 0 Å². The molecule has 0 saturated heterocycles. The Hall–Kier alpha value is -1.84. The van der Waals surface area contributed by atoms with Crippen LogP contribution in [-0.4, -0.2) is 28.7 Å². The minimum absolute atomic E-state index is 0.486. The van der Waals surface area contributed by atoms with Crippen LogP contribution in [0.1, 0.15) is 19.4 Å². The van der Waals surface area contributed by atoms with Crippen molar-refractivity contribution in [2.75, 3.05) is 7.05 Å². The first-order chi connectivity index (χ1) is 7.60. The number of hydrogen-bond donors (Lipinski definition) is 1. The summed E-state index contributed by atoms with van der Waals surface area (Å²) in [4.78, 5) is 0. The molecular weight excluding hydrogens is 202 g/mol. The average molecular weight is 217 g/mol. The number of hydrogen-bond acceptors (Lipinski definition) is 4. The smallest absolute Gasteiger partial charge is 0.134 e. The fraction of sp³-hybridized carbons (Fsp3) is 0.333. The van der Waals surface area contributed by atoms with Crippen LogP contribution in [0, 0.1) is 0 Å². The van der Waals surface area contributed by atoms with Crippen LogP contribution in [0.5, 0.6) is 0 Å². The lowest BCUT2D eigenvalue weighted by molar-refractivity contribution is 0.222. The molecule has 1 unspecified atom stereocenters. The summed E-state index contributed by atoms with van der Waals surface area (Å²) in [7, 11) is 1.88. The first-order valence-electron chi connectivity index (χ1n) is 5.18. The van der Waals surface area contributed by atoms with Crippen molar-refractivity contribution in [3.63, 3.8) is 0 Å². The number of oxime groups is 1. The van der Waals surface area contributed by atoms with Crippen LogP contribution in [0.3, 0.4) is 0 Å². The molecule has 1 heterocycles. The third-order valence-corrected chi connectivity index (χ3v) is 3.19. The van der Waals surface area contributed by atoms with Crippen molar-refractivity contribution in [3.05, 3.63) is 35.9 Å². The monoisotopic (exact) mass is 217 g/mol. The molecule has 0 fully saturated rings. The predicted molar refractivity (Wildman–Crippen MR) is 63.9 cm³/mol.